The van der Waals surface area contributed by atoms with Gasteiger partial charge in [0.2, 0.25) is 29.5 Å². The summed E-state index contributed by atoms with van der Waals surface area (Å²) in [6, 6.07) is -0.272. The smallest absolute Gasteiger partial charge is 0.397 e. The molecule has 1 aliphatic carbocycles. The molecule has 30 heteroatoms. The van der Waals surface area contributed by atoms with E-state index < -0.39 is 102 Å². The van der Waals surface area contributed by atoms with E-state index in [0.717, 1.165) is 0 Å². The summed E-state index contributed by atoms with van der Waals surface area (Å²) in [5.41, 5.74) is 10.6. The number of hydrogen-bond donors (Lipinski definition) is 12. The number of aliphatic hydroxyl groups is 2. The lowest BCUT2D eigenvalue weighted by molar-refractivity contribution is -0.135. The molecule has 0 aromatic carbocycles. The summed E-state index contributed by atoms with van der Waals surface area (Å²) in [6.45, 7) is 3.61. The van der Waals surface area contributed by atoms with E-state index in [1.165, 1.54) is 55.7 Å². The van der Waals surface area contributed by atoms with E-state index in [-0.39, 0.29) is 60.3 Å². The minimum absolute atomic E-state index is 0.134. The van der Waals surface area contributed by atoms with Gasteiger partial charge >= 0.3 is 23.2 Å². The maximum absolute atomic E-state index is 12.9. The van der Waals surface area contributed by atoms with Crippen LogP contribution in [-0.4, -0.2) is 142 Å². The summed E-state index contributed by atoms with van der Waals surface area (Å²) >= 11 is 1.27. The molecule has 8 atom stereocenters. The molecular formula is C34H58N9O17P3S. The Balaban J connectivity index is 1.37. The number of nitrogen functional groups attached to an aromatic ring is 1. The maximum atomic E-state index is 12.9. The molecule has 0 saturated heterocycles. The quantitative estimate of drug-likeness (QED) is 0.0365. The SMILES string of the molecule is CC(=O)N[C@@H](CCCCNC(=O)CSCCNC(=O)CCNC(=O)[C@H](O)C(C)(C)CCP(=O)(O)OP(=O)(O)OC[C@H]1CC(n2cnc3c(N)ccnc32)[C@H](O)[C@@H]1OP(=O)(O)O)C(N)=O. The minimum Gasteiger partial charge on any atom is -0.397 e. The maximum Gasteiger partial charge on any atom is 0.479 e. The number of nitrogens with one attached hydrogen (secondary N) is 4. The molecule has 1 saturated carbocycles. The van der Waals surface area contributed by atoms with E-state index in [1.807, 2.05) is 0 Å². The van der Waals surface area contributed by atoms with Crippen LogP contribution in [0.5, 0.6) is 0 Å². The molecule has 14 N–H and O–H groups in total. The van der Waals surface area contributed by atoms with Gasteiger partial charge in [-0.15, -0.1) is 0 Å². The molecule has 0 aliphatic heterocycles. The fourth-order valence-corrected chi connectivity index (χ4v) is 10.9. The Kier molecular flexibility index (Phi) is 20.8. The lowest BCUT2D eigenvalue weighted by Crippen LogP contribution is -2.45. The second-order valence-electron chi connectivity index (χ2n) is 15.6. The van der Waals surface area contributed by atoms with Crippen LogP contribution in [0.25, 0.3) is 11.2 Å². The second kappa shape index (κ2) is 24.3. The van der Waals surface area contributed by atoms with Crippen LogP contribution in [0.3, 0.4) is 0 Å². The summed E-state index contributed by atoms with van der Waals surface area (Å²) < 4.78 is 53.3. The first-order chi connectivity index (χ1) is 29.7. The number of nitrogens with two attached hydrogens (primary N) is 2. The third-order valence-corrected chi connectivity index (χ3v) is 14.6. The number of fused-ring (bicyclic) bond motifs is 1. The van der Waals surface area contributed by atoms with Crippen molar-refractivity contribution in [3.8, 4) is 0 Å². The van der Waals surface area contributed by atoms with Gasteiger partial charge in [-0.1, -0.05) is 13.8 Å². The van der Waals surface area contributed by atoms with E-state index in [2.05, 4.69) is 35.5 Å². The first-order valence-corrected chi connectivity index (χ1v) is 25.8. The first kappa shape index (κ1) is 54.8. The number of pyridine rings is 1. The molecule has 5 amide bonds. The summed E-state index contributed by atoms with van der Waals surface area (Å²) in [5.74, 6) is -3.21. The molecule has 2 aromatic rings. The third kappa shape index (κ3) is 18.0. The predicted octanol–water partition coefficient (Wildman–Crippen LogP) is -0.858. The number of amides is 5. The Morgan fingerprint density at radius 3 is 2.36 bits per heavy atom. The van der Waals surface area contributed by atoms with Crippen molar-refractivity contribution in [2.24, 2.45) is 17.1 Å². The number of phosphoric acid groups is 2. The van der Waals surface area contributed by atoms with E-state index in [9.17, 15) is 67.5 Å². The van der Waals surface area contributed by atoms with Gasteiger partial charge in [0.1, 0.15) is 29.9 Å². The number of anilines is 1. The van der Waals surface area contributed by atoms with Crippen LogP contribution < -0.4 is 32.7 Å². The van der Waals surface area contributed by atoms with Crippen molar-refractivity contribution in [2.45, 2.75) is 89.7 Å². The molecule has 64 heavy (non-hydrogen) atoms. The van der Waals surface area contributed by atoms with Gasteiger partial charge in [0, 0.05) is 56.3 Å². The van der Waals surface area contributed by atoms with Gasteiger partial charge in [0.05, 0.1) is 36.6 Å². The van der Waals surface area contributed by atoms with Crippen LogP contribution >= 0.6 is 35.0 Å². The van der Waals surface area contributed by atoms with E-state index >= 15 is 0 Å². The number of carbonyl (C=O) groups excluding carboxylic acids is 5. The summed E-state index contributed by atoms with van der Waals surface area (Å²) in [7, 11) is -15.6. The number of primary amides is 1. The second-order valence-corrected chi connectivity index (χ2v) is 21.5. The molecule has 1 fully saturated rings. The number of imidazole rings is 1. The number of hydrogen-bond acceptors (Lipinski definition) is 17. The molecule has 3 rings (SSSR count). The average Bonchev–Trinajstić information content (AvgIpc) is 3.74. The number of phosphoric ester groups is 2. The van der Waals surface area contributed by atoms with Gasteiger partial charge in [0.15, 0.2) is 5.65 Å². The van der Waals surface area contributed by atoms with Crippen molar-refractivity contribution in [1.29, 1.82) is 0 Å². The molecule has 0 radical (unpaired) electrons. The standard InChI is InChI=1S/C34H58N9O17P3S/c1-20(44)42-23(31(36)49)6-4-5-10-37-26(46)18-64-15-13-38-25(45)8-12-40-33(50)30(48)34(2,3)9-14-61(51,52)60-63(56,57)58-17-21-16-24(28(47)29(21)59-62(53,54)55)43-19-41-27-22(35)7-11-39-32(27)43/h7,11,19,21,23-24,28-30,47-48H,4-6,8-10,12-18H2,1-3H3,(H2,35,39)(H2,36,49)(H,37,46)(H,38,45)(H,40,50)(H,42,44)(H,51,52)(H,56,57)(H2,53,54,55)/t21-,23+,24?,28+,29-,30+/m1/s1. The highest BCUT2D eigenvalue weighted by atomic mass is 32.2. The molecule has 1 aliphatic rings. The Morgan fingerprint density at radius 2 is 1.70 bits per heavy atom. The Hall–Kier alpha value is -3.55. The number of carbonyl (C=O) groups is 5. The summed E-state index contributed by atoms with van der Waals surface area (Å²) in [5, 5.41) is 32.0. The van der Waals surface area contributed by atoms with Crippen molar-refractivity contribution in [3.05, 3.63) is 18.6 Å². The molecule has 362 valence electrons. The van der Waals surface area contributed by atoms with Crippen LogP contribution in [0.15, 0.2) is 18.6 Å². The van der Waals surface area contributed by atoms with Crippen molar-refractivity contribution < 1.29 is 80.8 Å². The topological polar surface area (TPSA) is 416 Å². The zero-order chi connectivity index (χ0) is 48.0. The normalized spacial score (nSPS) is 20.7. The number of thioether (sulfide) groups is 1. The monoisotopic (exact) mass is 989 g/mol. The van der Waals surface area contributed by atoms with Crippen LogP contribution in [0.1, 0.15) is 65.3 Å². The molecule has 2 aromatic heterocycles. The van der Waals surface area contributed by atoms with Gasteiger partial charge in [0.25, 0.3) is 0 Å². The largest absolute Gasteiger partial charge is 0.479 e. The number of rotatable bonds is 28. The van der Waals surface area contributed by atoms with Gasteiger partial charge < -0.3 is 67.1 Å². The van der Waals surface area contributed by atoms with E-state index in [1.54, 1.807) is 0 Å². The highest BCUT2D eigenvalue weighted by Gasteiger charge is 2.49. The van der Waals surface area contributed by atoms with Crippen molar-refractivity contribution in [3.63, 3.8) is 0 Å². The number of aliphatic hydroxyl groups excluding tert-OH is 2. The van der Waals surface area contributed by atoms with Crippen molar-refractivity contribution >= 4 is 81.4 Å². The molecule has 3 unspecified atom stereocenters. The van der Waals surface area contributed by atoms with Gasteiger partial charge in [-0.2, -0.15) is 11.8 Å². The molecule has 2 heterocycles. The summed E-state index contributed by atoms with van der Waals surface area (Å²) in [6.07, 6.45) is -2.48. The average molecular weight is 990 g/mol. The zero-order valence-corrected chi connectivity index (χ0v) is 38.8. The van der Waals surface area contributed by atoms with Crippen LogP contribution in [0.2, 0.25) is 0 Å². The highest BCUT2D eigenvalue weighted by molar-refractivity contribution is 7.99. The molecule has 0 bridgehead atoms. The lowest BCUT2D eigenvalue weighted by Gasteiger charge is -2.30. The fraction of sp³-hybridized carbons (Fsp3) is 0.676. The molecular weight excluding hydrogens is 931 g/mol. The Labute approximate surface area is 372 Å². The zero-order valence-electron chi connectivity index (χ0n) is 35.3. The third-order valence-electron chi connectivity index (χ3n) is 9.97. The van der Waals surface area contributed by atoms with Gasteiger partial charge in [-0.25, -0.2) is 23.4 Å². The van der Waals surface area contributed by atoms with Crippen molar-refractivity contribution in [1.82, 2.24) is 35.8 Å². The Bertz CT molecular complexity index is 2090. The minimum atomic E-state index is -5.38. The van der Waals surface area contributed by atoms with E-state index in [4.69, 9.17) is 20.5 Å². The van der Waals surface area contributed by atoms with Crippen LogP contribution in [0.4, 0.5) is 5.69 Å². The first-order valence-electron chi connectivity index (χ1n) is 19.8. The molecule has 26 nitrogen and oxygen atoms in total. The Morgan fingerprint density at radius 1 is 1.02 bits per heavy atom. The summed E-state index contributed by atoms with van der Waals surface area (Å²) in [4.78, 5) is 108. The number of unbranched alkanes of at least 4 members (excludes halogenated alkanes) is 1. The molecule has 0 spiro atoms. The lowest BCUT2D eigenvalue weighted by atomic mass is 9.83. The number of aromatic nitrogens is 3. The van der Waals surface area contributed by atoms with Crippen molar-refractivity contribution in [2.75, 3.05) is 49.6 Å². The fourth-order valence-electron chi connectivity index (χ4n) is 6.56. The van der Waals surface area contributed by atoms with Crippen LogP contribution in [-0.2, 0) is 51.0 Å². The highest BCUT2D eigenvalue weighted by Crippen LogP contribution is 2.61. The van der Waals surface area contributed by atoms with Crippen LogP contribution in [0, 0.1) is 11.3 Å². The van der Waals surface area contributed by atoms with Gasteiger partial charge in [-0.05, 0) is 38.2 Å². The van der Waals surface area contributed by atoms with Gasteiger partial charge in [-0.3, -0.25) is 37.6 Å². The van der Waals surface area contributed by atoms with E-state index in [0.29, 0.717) is 31.6 Å². The predicted molar refractivity (Wildman–Crippen MR) is 230 cm³/mol. The number of nitrogens with zero attached hydrogens (tertiary/aromatic N) is 3.